The number of hydrogen-bond donors (Lipinski definition) is 1. The summed E-state index contributed by atoms with van der Waals surface area (Å²) in [6, 6.07) is 0.0372. The predicted octanol–water partition coefficient (Wildman–Crippen LogP) is -0.413. The number of sulfonamides is 1. The van der Waals surface area contributed by atoms with Crippen LogP contribution in [-0.2, 0) is 29.1 Å². The molecule has 11 heteroatoms. The van der Waals surface area contributed by atoms with Crippen molar-refractivity contribution in [3.05, 3.63) is 16.3 Å². The topological polar surface area (TPSA) is 119 Å². The highest BCUT2D eigenvalue weighted by atomic mass is 32.2. The second kappa shape index (κ2) is 7.28. The molecule has 0 saturated carbocycles. The van der Waals surface area contributed by atoms with E-state index < -0.39 is 40.3 Å². The monoisotopic (exact) mass is 376 g/mol. The molecule has 1 atom stereocenters. The zero-order chi connectivity index (χ0) is 17.9. The van der Waals surface area contributed by atoms with E-state index in [1.807, 2.05) is 0 Å². The fourth-order valence-electron chi connectivity index (χ4n) is 2.29. The molecule has 1 aliphatic rings. The van der Waals surface area contributed by atoms with Crippen LogP contribution in [0.2, 0.25) is 0 Å². The molecule has 1 aliphatic heterocycles. The molecule has 1 saturated heterocycles. The highest BCUT2D eigenvalue weighted by molar-refractivity contribution is 7.89. The molecular formula is C13H16N2O7S2. The van der Waals surface area contributed by atoms with Gasteiger partial charge in [-0.3, -0.25) is 9.59 Å². The zero-order valence-electron chi connectivity index (χ0n) is 13.0. The maximum absolute atomic E-state index is 12.9. The van der Waals surface area contributed by atoms with E-state index in [9.17, 15) is 22.8 Å². The lowest BCUT2D eigenvalue weighted by molar-refractivity contribution is -0.144. The van der Waals surface area contributed by atoms with Crippen molar-refractivity contribution < 1.29 is 32.3 Å². The van der Waals surface area contributed by atoms with Gasteiger partial charge in [0.25, 0.3) is 0 Å². The molecule has 2 heterocycles. The number of carbonyl (C=O) groups excluding carboxylic acids is 3. The van der Waals surface area contributed by atoms with Gasteiger partial charge < -0.3 is 14.8 Å². The van der Waals surface area contributed by atoms with Crippen LogP contribution in [0.5, 0.6) is 0 Å². The van der Waals surface area contributed by atoms with Crippen molar-refractivity contribution in [3.8, 4) is 0 Å². The molecule has 0 bridgehead atoms. The second-order valence-electron chi connectivity index (χ2n) is 4.81. The van der Waals surface area contributed by atoms with Crippen LogP contribution >= 0.6 is 11.3 Å². The Bertz CT molecular complexity index is 756. The van der Waals surface area contributed by atoms with Crippen LogP contribution in [0.3, 0.4) is 0 Å². The number of thiophene rings is 1. The van der Waals surface area contributed by atoms with Crippen LogP contribution in [-0.4, -0.2) is 63.9 Å². The lowest BCUT2D eigenvalue weighted by Crippen LogP contribution is -2.57. The number of methoxy groups -OCH3 is 2. The molecule has 1 unspecified atom stereocenters. The van der Waals surface area contributed by atoms with Crippen LogP contribution in [0.25, 0.3) is 0 Å². The second-order valence-corrected chi connectivity index (χ2v) is 7.58. The van der Waals surface area contributed by atoms with Crippen molar-refractivity contribution in [1.82, 2.24) is 9.62 Å². The molecule has 132 valence electrons. The van der Waals surface area contributed by atoms with E-state index in [1.165, 1.54) is 11.4 Å². The summed E-state index contributed by atoms with van der Waals surface area (Å²) in [5.74, 6) is -2.09. The van der Waals surface area contributed by atoms with Crippen molar-refractivity contribution in [2.75, 3.05) is 27.3 Å². The van der Waals surface area contributed by atoms with Gasteiger partial charge in [0.05, 0.1) is 20.6 Å². The molecular weight excluding hydrogens is 360 g/mol. The summed E-state index contributed by atoms with van der Waals surface area (Å²) in [6.07, 6.45) is -0.417. The zero-order valence-corrected chi connectivity index (χ0v) is 14.6. The van der Waals surface area contributed by atoms with Gasteiger partial charge in [0, 0.05) is 13.1 Å². The number of nitrogens with zero attached hydrogens (tertiary/aromatic N) is 1. The molecule has 1 N–H and O–H groups in total. The third-order valence-electron chi connectivity index (χ3n) is 3.46. The van der Waals surface area contributed by atoms with E-state index in [0.717, 1.165) is 29.9 Å². The fraction of sp³-hybridized carbons (Fsp3) is 0.462. The summed E-state index contributed by atoms with van der Waals surface area (Å²) >= 11 is 0.921. The number of rotatable bonds is 5. The van der Waals surface area contributed by atoms with Gasteiger partial charge in [-0.2, -0.15) is 4.31 Å². The van der Waals surface area contributed by atoms with Gasteiger partial charge in [-0.1, -0.05) is 0 Å². The number of hydrogen-bond acceptors (Lipinski definition) is 8. The van der Waals surface area contributed by atoms with Gasteiger partial charge in [0.2, 0.25) is 15.9 Å². The predicted molar refractivity (Wildman–Crippen MR) is 83.0 cm³/mol. The first-order valence-corrected chi connectivity index (χ1v) is 9.17. The molecule has 2 rings (SSSR count). The summed E-state index contributed by atoms with van der Waals surface area (Å²) in [6.45, 7) is 0.0830. The van der Waals surface area contributed by atoms with Gasteiger partial charge in [0.1, 0.15) is 15.8 Å². The third-order valence-corrected chi connectivity index (χ3v) is 6.43. The first-order chi connectivity index (χ1) is 11.3. The van der Waals surface area contributed by atoms with Gasteiger partial charge in [-0.25, -0.2) is 13.2 Å². The number of amides is 1. The third kappa shape index (κ3) is 3.42. The van der Waals surface area contributed by atoms with E-state index >= 15 is 0 Å². The summed E-state index contributed by atoms with van der Waals surface area (Å²) in [7, 11) is -1.87. The number of esters is 2. The first kappa shape index (κ1) is 18.4. The molecule has 0 aromatic carbocycles. The number of nitrogens with one attached hydrogen (secondary N) is 1. The lowest BCUT2D eigenvalue weighted by Gasteiger charge is -2.33. The van der Waals surface area contributed by atoms with Gasteiger partial charge in [-0.05, 0) is 11.4 Å². The summed E-state index contributed by atoms with van der Waals surface area (Å²) in [5, 5.41) is 3.96. The Kier molecular flexibility index (Phi) is 5.57. The summed E-state index contributed by atoms with van der Waals surface area (Å²) < 4.78 is 35.8. The van der Waals surface area contributed by atoms with E-state index in [0.29, 0.717) is 0 Å². The van der Waals surface area contributed by atoms with Crippen molar-refractivity contribution >= 4 is 39.2 Å². The molecule has 9 nitrogen and oxygen atoms in total. The normalized spacial score (nSPS) is 18.8. The van der Waals surface area contributed by atoms with Crippen molar-refractivity contribution in [3.63, 3.8) is 0 Å². The quantitative estimate of drug-likeness (QED) is 0.694. The Morgan fingerprint density at radius 1 is 1.38 bits per heavy atom. The maximum Gasteiger partial charge on any atom is 0.349 e. The Labute approximate surface area is 142 Å². The average molecular weight is 376 g/mol. The largest absolute Gasteiger partial charge is 0.469 e. The molecule has 0 spiro atoms. The Balaban J connectivity index is 2.42. The van der Waals surface area contributed by atoms with Crippen LogP contribution in [0.1, 0.15) is 16.1 Å². The number of carbonyl (C=O) groups is 3. The minimum absolute atomic E-state index is 0.0216. The fourth-order valence-corrected chi connectivity index (χ4v) is 5.18. The molecule has 1 fully saturated rings. The van der Waals surface area contributed by atoms with E-state index in [4.69, 9.17) is 0 Å². The van der Waals surface area contributed by atoms with Crippen LogP contribution in [0, 0.1) is 0 Å². The smallest absolute Gasteiger partial charge is 0.349 e. The average Bonchev–Trinajstić information content (AvgIpc) is 3.06. The Morgan fingerprint density at radius 2 is 2.08 bits per heavy atom. The van der Waals surface area contributed by atoms with Crippen molar-refractivity contribution in [2.24, 2.45) is 0 Å². The van der Waals surface area contributed by atoms with E-state index in [1.54, 1.807) is 0 Å². The van der Waals surface area contributed by atoms with Crippen LogP contribution in [0.4, 0.5) is 0 Å². The van der Waals surface area contributed by atoms with E-state index in [2.05, 4.69) is 14.8 Å². The molecule has 0 radical (unpaired) electrons. The lowest BCUT2D eigenvalue weighted by atomic mass is 10.1. The van der Waals surface area contributed by atoms with Gasteiger partial charge in [0.15, 0.2) is 0 Å². The maximum atomic E-state index is 12.9. The number of piperazine rings is 1. The SMILES string of the molecule is COC(=O)CC1C(=O)NCCN1S(=O)(=O)c1ccsc1C(=O)OC. The Morgan fingerprint density at radius 3 is 2.71 bits per heavy atom. The van der Waals surface area contributed by atoms with Crippen LogP contribution < -0.4 is 5.32 Å². The minimum atomic E-state index is -4.17. The summed E-state index contributed by atoms with van der Waals surface area (Å²) in [5.41, 5.74) is 0. The number of ether oxygens (including phenoxy) is 2. The molecule has 0 aliphatic carbocycles. The Hall–Kier alpha value is -1.98. The minimum Gasteiger partial charge on any atom is -0.469 e. The summed E-state index contributed by atoms with van der Waals surface area (Å²) in [4.78, 5) is 35.0. The first-order valence-electron chi connectivity index (χ1n) is 6.85. The van der Waals surface area contributed by atoms with E-state index in [-0.39, 0.29) is 22.9 Å². The molecule has 24 heavy (non-hydrogen) atoms. The highest BCUT2D eigenvalue weighted by Gasteiger charge is 2.41. The molecule has 1 aromatic heterocycles. The van der Waals surface area contributed by atoms with Crippen LogP contribution in [0.15, 0.2) is 16.3 Å². The van der Waals surface area contributed by atoms with Crippen molar-refractivity contribution in [2.45, 2.75) is 17.4 Å². The highest BCUT2D eigenvalue weighted by Crippen LogP contribution is 2.28. The molecule has 1 amide bonds. The van der Waals surface area contributed by atoms with Gasteiger partial charge >= 0.3 is 11.9 Å². The van der Waals surface area contributed by atoms with Gasteiger partial charge in [-0.15, -0.1) is 11.3 Å². The standard InChI is InChI=1S/C13H16N2O7S2/c1-21-10(16)7-8-12(17)14-4-5-15(8)24(19,20)9-3-6-23-11(9)13(18)22-2/h3,6,8H,4-5,7H2,1-2H3,(H,14,17). The molecule has 1 aromatic rings. The van der Waals surface area contributed by atoms with Crippen molar-refractivity contribution in [1.29, 1.82) is 0 Å².